The maximum absolute atomic E-state index is 12.7. The van der Waals surface area contributed by atoms with Gasteiger partial charge in [0.25, 0.3) is 11.6 Å². The molecule has 10 nitrogen and oxygen atoms in total. The van der Waals surface area contributed by atoms with Crippen molar-refractivity contribution in [1.82, 2.24) is 4.68 Å². The van der Waals surface area contributed by atoms with Crippen LogP contribution in [0.1, 0.15) is 28.2 Å². The molecule has 2 aromatic carbocycles. The summed E-state index contributed by atoms with van der Waals surface area (Å²) in [6.45, 7) is 3.90. The van der Waals surface area contributed by atoms with Crippen molar-refractivity contribution in [3.63, 3.8) is 0 Å². The number of nitrogens with one attached hydrogen (secondary N) is 2. The van der Waals surface area contributed by atoms with E-state index in [4.69, 9.17) is 0 Å². The van der Waals surface area contributed by atoms with Crippen molar-refractivity contribution >= 4 is 34.8 Å². The van der Waals surface area contributed by atoms with E-state index in [0.29, 0.717) is 16.9 Å². The smallest absolute Gasteiger partial charge is 0.271 e. The summed E-state index contributed by atoms with van der Waals surface area (Å²) < 4.78 is 1.70. The van der Waals surface area contributed by atoms with Crippen molar-refractivity contribution < 1.29 is 19.3 Å². The molecule has 2 N–H and O–H groups in total. The molecule has 1 aliphatic heterocycles. The Bertz CT molecular complexity index is 1260. The standard InChI is InChI=1S/C24H23N5O5/c1-15-6-7-16(2)28(15)26-24(32)17-8-10-19(11-9-17)25-23(31)18-12-22(30)27(14-18)20-4-3-5-21(13-20)29(33)34/h3-11,13,18H,12,14H2,1-2H3,(H,25,31)(H,26,32)/t18-/m0/s1. The number of nitro groups is 1. The van der Waals surface area contributed by atoms with E-state index in [9.17, 15) is 24.5 Å². The summed E-state index contributed by atoms with van der Waals surface area (Å²) in [5.41, 5.74) is 5.82. The molecule has 1 atom stereocenters. The molecular formula is C24H23N5O5. The van der Waals surface area contributed by atoms with Crippen molar-refractivity contribution in [2.75, 3.05) is 22.2 Å². The Hall–Kier alpha value is -4.47. The number of amides is 3. The van der Waals surface area contributed by atoms with Gasteiger partial charge < -0.3 is 10.2 Å². The molecule has 1 saturated heterocycles. The highest BCUT2D eigenvalue weighted by Gasteiger charge is 2.35. The Labute approximate surface area is 195 Å². The van der Waals surface area contributed by atoms with Crippen molar-refractivity contribution in [1.29, 1.82) is 0 Å². The van der Waals surface area contributed by atoms with Crippen molar-refractivity contribution in [3.8, 4) is 0 Å². The lowest BCUT2D eigenvalue weighted by molar-refractivity contribution is -0.384. The number of nitrogens with zero attached hydrogens (tertiary/aromatic N) is 3. The maximum atomic E-state index is 12.7. The second-order valence-electron chi connectivity index (χ2n) is 8.14. The molecule has 4 rings (SSSR count). The normalized spacial score (nSPS) is 15.3. The first-order valence-corrected chi connectivity index (χ1v) is 10.6. The predicted octanol–water partition coefficient (Wildman–Crippen LogP) is 3.39. The van der Waals surface area contributed by atoms with Gasteiger partial charge in [-0.15, -0.1) is 0 Å². The summed E-state index contributed by atoms with van der Waals surface area (Å²) in [6, 6.07) is 16.0. The van der Waals surface area contributed by atoms with Gasteiger partial charge in [0, 0.05) is 47.7 Å². The van der Waals surface area contributed by atoms with Crippen LogP contribution in [-0.2, 0) is 9.59 Å². The van der Waals surface area contributed by atoms with Gasteiger partial charge in [-0.3, -0.25) is 34.6 Å². The van der Waals surface area contributed by atoms with Crippen LogP contribution in [0.15, 0.2) is 60.7 Å². The SMILES string of the molecule is Cc1ccc(C)n1NC(=O)c1ccc(NC(=O)[C@H]2CC(=O)N(c3cccc([N+](=O)[O-])c3)C2)cc1. The lowest BCUT2D eigenvalue weighted by Gasteiger charge is -2.16. The van der Waals surface area contributed by atoms with Crippen LogP contribution in [0, 0.1) is 29.9 Å². The zero-order valence-electron chi connectivity index (χ0n) is 18.6. The van der Waals surface area contributed by atoms with Crippen LogP contribution in [-0.4, -0.2) is 33.9 Å². The van der Waals surface area contributed by atoms with Gasteiger partial charge >= 0.3 is 0 Å². The number of non-ortho nitro benzene ring substituents is 1. The Kier molecular flexibility index (Phi) is 6.13. The van der Waals surface area contributed by atoms with E-state index < -0.39 is 10.8 Å². The Morgan fingerprint density at radius 1 is 1.03 bits per heavy atom. The Morgan fingerprint density at radius 2 is 1.71 bits per heavy atom. The molecule has 0 spiro atoms. The molecule has 0 unspecified atom stereocenters. The van der Waals surface area contributed by atoms with Crippen LogP contribution < -0.4 is 15.6 Å². The molecule has 0 bridgehead atoms. The fourth-order valence-electron chi connectivity index (χ4n) is 3.87. The summed E-state index contributed by atoms with van der Waals surface area (Å²) in [7, 11) is 0. The van der Waals surface area contributed by atoms with Crippen LogP contribution in [0.5, 0.6) is 0 Å². The van der Waals surface area contributed by atoms with Crippen LogP contribution in [0.2, 0.25) is 0 Å². The van der Waals surface area contributed by atoms with Gasteiger partial charge in [0.1, 0.15) is 0 Å². The zero-order valence-corrected chi connectivity index (χ0v) is 18.6. The lowest BCUT2D eigenvalue weighted by atomic mass is 10.1. The summed E-state index contributed by atoms with van der Waals surface area (Å²) in [5.74, 6) is -1.50. The highest BCUT2D eigenvalue weighted by molar-refractivity contribution is 6.04. The number of rotatable bonds is 6. The van der Waals surface area contributed by atoms with Gasteiger partial charge in [0.05, 0.1) is 16.5 Å². The number of nitro benzene ring substituents is 1. The van der Waals surface area contributed by atoms with Crippen molar-refractivity contribution in [2.24, 2.45) is 5.92 Å². The largest absolute Gasteiger partial charge is 0.326 e. The van der Waals surface area contributed by atoms with E-state index in [0.717, 1.165) is 11.4 Å². The summed E-state index contributed by atoms with van der Waals surface area (Å²) >= 11 is 0. The summed E-state index contributed by atoms with van der Waals surface area (Å²) in [5, 5.41) is 13.8. The number of benzene rings is 2. The number of carbonyl (C=O) groups excluding carboxylic acids is 3. The fourth-order valence-corrected chi connectivity index (χ4v) is 3.87. The third-order valence-electron chi connectivity index (χ3n) is 5.75. The number of aryl methyl sites for hydroxylation is 2. The molecule has 0 aliphatic carbocycles. The minimum absolute atomic E-state index is 0.00455. The first kappa shape index (κ1) is 22.7. The van der Waals surface area contributed by atoms with E-state index in [2.05, 4.69) is 10.7 Å². The third-order valence-corrected chi connectivity index (χ3v) is 5.75. The predicted molar refractivity (Wildman–Crippen MR) is 126 cm³/mol. The van der Waals surface area contributed by atoms with Crippen LogP contribution in [0.3, 0.4) is 0 Å². The molecule has 0 saturated carbocycles. The number of anilines is 2. The van der Waals surface area contributed by atoms with Gasteiger partial charge in [0.2, 0.25) is 11.8 Å². The average molecular weight is 461 g/mol. The van der Waals surface area contributed by atoms with Gasteiger partial charge in [-0.05, 0) is 56.3 Å². The van der Waals surface area contributed by atoms with Crippen molar-refractivity contribution in [3.05, 3.63) is 87.7 Å². The van der Waals surface area contributed by atoms with E-state index in [1.807, 2.05) is 26.0 Å². The molecule has 34 heavy (non-hydrogen) atoms. The van der Waals surface area contributed by atoms with Crippen molar-refractivity contribution in [2.45, 2.75) is 20.3 Å². The monoisotopic (exact) mass is 461 g/mol. The second-order valence-corrected chi connectivity index (χ2v) is 8.14. The number of hydrogen-bond donors (Lipinski definition) is 2. The maximum Gasteiger partial charge on any atom is 0.271 e. The van der Waals surface area contributed by atoms with Crippen LogP contribution in [0.25, 0.3) is 0 Å². The average Bonchev–Trinajstić information content (AvgIpc) is 3.36. The summed E-state index contributed by atoms with van der Waals surface area (Å²) in [6.07, 6.45) is 0.00455. The zero-order chi connectivity index (χ0) is 24.4. The van der Waals surface area contributed by atoms with Crippen LogP contribution >= 0.6 is 0 Å². The van der Waals surface area contributed by atoms with Gasteiger partial charge in [-0.1, -0.05) is 6.07 Å². The second kappa shape index (κ2) is 9.18. The molecule has 1 aromatic heterocycles. The van der Waals surface area contributed by atoms with Crippen LogP contribution in [0.4, 0.5) is 17.1 Å². The fraction of sp³-hybridized carbons (Fsp3) is 0.208. The molecule has 174 valence electrons. The first-order chi connectivity index (χ1) is 16.2. The quantitative estimate of drug-likeness (QED) is 0.430. The first-order valence-electron chi connectivity index (χ1n) is 10.6. The van der Waals surface area contributed by atoms with E-state index in [-0.39, 0.29) is 36.4 Å². The number of aromatic nitrogens is 1. The molecular weight excluding hydrogens is 438 g/mol. The molecule has 1 aliphatic rings. The molecule has 0 radical (unpaired) electrons. The summed E-state index contributed by atoms with van der Waals surface area (Å²) in [4.78, 5) is 49.6. The third kappa shape index (κ3) is 4.65. The number of carbonyl (C=O) groups is 3. The highest BCUT2D eigenvalue weighted by Crippen LogP contribution is 2.28. The van der Waals surface area contributed by atoms with E-state index in [1.54, 1.807) is 35.0 Å². The topological polar surface area (TPSA) is 127 Å². The molecule has 3 aromatic rings. The lowest BCUT2D eigenvalue weighted by Crippen LogP contribution is -2.28. The molecule has 10 heteroatoms. The number of hydrogen-bond acceptors (Lipinski definition) is 5. The Morgan fingerprint density at radius 3 is 2.35 bits per heavy atom. The minimum Gasteiger partial charge on any atom is -0.326 e. The highest BCUT2D eigenvalue weighted by atomic mass is 16.6. The van der Waals surface area contributed by atoms with Gasteiger partial charge in [-0.2, -0.15) is 0 Å². The molecule has 1 fully saturated rings. The molecule has 3 amide bonds. The van der Waals surface area contributed by atoms with E-state index >= 15 is 0 Å². The minimum atomic E-state index is -0.602. The Balaban J connectivity index is 1.38. The van der Waals surface area contributed by atoms with Gasteiger partial charge in [-0.25, -0.2) is 0 Å². The van der Waals surface area contributed by atoms with E-state index in [1.165, 1.54) is 23.1 Å². The molecule has 2 heterocycles. The van der Waals surface area contributed by atoms with Gasteiger partial charge in [0.15, 0.2) is 0 Å².